The monoisotopic (exact) mass is 832 g/mol. The van der Waals surface area contributed by atoms with Crippen LogP contribution in [-0.2, 0) is 45.6 Å². The number of aliphatic hydroxyl groups excluding tert-OH is 2. The van der Waals surface area contributed by atoms with Crippen molar-refractivity contribution in [2.24, 2.45) is 0 Å². The molecule has 6 rings (SSSR count). The van der Waals surface area contributed by atoms with E-state index in [2.05, 4.69) is 10.6 Å². The number of carbonyl (C=O) groups excluding carboxylic acids is 4. The van der Waals surface area contributed by atoms with Crippen molar-refractivity contribution in [3.05, 3.63) is 160 Å². The molecule has 1 fully saturated rings. The minimum atomic E-state index is -1.39. The summed E-state index contributed by atoms with van der Waals surface area (Å²) in [7, 11) is 0. The van der Waals surface area contributed by atoms with E-state index < -0.39 is 59.5 Å². The van der Waals surface area contributed by atoms with Crippen molar-refractivity contribution in [1.82, 2.24) is 10.6 Å². The number of esters is 2. The van der Waals surface area contributed by atoms with Crippen LogP contribution < -0.4 is 10.6 Å². The summed E-state index contributed by atoms with van der Waals surface area (Å²) in [5, 5.41) is 24.7. The van der Waals surface area contributed by atoms with E-state index >= 15 is 0 Å². The van der Waals surface area contributed by atoms with Gasteiger partial charge in [-0.1, -0.05) is 91.0 Å². The van der Waals surface area contributed by atoms with Gasteiger partial charge in [0, 0.05) is 41.6 Å². The molecule has 0 spiro atoms. The number of rotatable bonds is 17. The first kappa shape index (κ1) is 44.4. The Morgan fingerprint density at radius 2 is 1.56 bits per heavy atom. The number of amides is 2. The molecule has 320 valence electrons. The number of fused-ring (bicyclic) bond motifs is 1. The van der Waals surface area contributed by atoms with E-state index in [0.29, 0.717) is 22.3 Å². The third-order valence-electron chi connectivity index (χ3n) is 9.99. The molecule has 13 heteroatoms. The molecule has 4 N–H and O–H groups in total. The summed E-state index contributed by atoms with van der Waals surface area (Å²) in [5.74, 6) is -3.33. The van der Waals surface area contributed by atoms with Crippen LogP contribution >= 0.6 is 0 Å². The first-order chi connectivity index (χ1) is 29.4. The highest BCUT2D eigenvalue weighted by Crippen LogP contribution is 2.47. The number of benzene rings is 4. The van der Waals surface area contributed by atoms with Crippen LogP contribution in [0.4, 0.5) is 0 Å². The summed E-state index contributed by atoms with van der Waals surface area (Å²) in [6.07, 6.45) is 2.37. The zero-order valence-corrected chi connectivity index (χ0v) is 34.5. The first-order valence-corrected chi connectivity index (χ1v) is 20.3. The predicted octanol–water partition coefficient (Wildman–Crippen LogP) is 5.74. The summed E-state index contributed by atoms with van der Waals surface area (Å²) in [6, 6.07) is 31.8. The van der Waals surface area contributed by atoms with Gasteiger partial charge in [0.25, 0.3) is 5.91 Å². The van der Waals surface area contributed by atoms with Gasteiger partial charge in [0.2, 0.25) is 11.7 Å². The summed E-state index contributed by atoms with van der Waals surface area (Å²) >= 11 is 0. The molecule has 4 aromatic carbocycles. The lowest BCUT2D eigenvalue weighted by molar-refractivity contribution is -0.157. The van der Waals surface area contributed by atoms with Gasteiger partial charge in [-0.2, -0.15) is 0 Å². The molecule has 4 aromatic rings. The lowest BCUT2D eigenvalue weighted by atomic mass is 9.91. The average molecular weight is 833 g/mol. The van der Waals surface area contributed by atoms with Gasteiger partial charge in [-0.15, -0.1) is 0 Å². The second-order valence-corrected chi connectivity index (χ2v) is 15.7. The Balaban J connectivity index is 1.21. The number of ether oxygens (including phenoxy) is 5. The third kappa shape index (κ3) is 11.6. The lowest BCUT2D eigenvalue weighted by Gasteiger charge is -2.31. The van der Waals surface area contributed by atoms with E-state index in [1.54, 1.807) is 81.5 Å². The van der Waals surface area contributed by atoms with Crippen LogP contribution in [0.1, 0.15) is 83.0 Å². The maximum absolute atomic E-state index is 14.0. The fraction of sp³-hybridized carbons (Fsp3) is 0.333. The molecule has 0 bridgehead atoms. The molecular formula is C48H52N2O11. The molecule has 13 nitrogen and oxygen atoms in total. The van der Waals surface area contributed by atoms with Crippen molar-refractivity contribution < 1.29 is 53.1 Å². The van der Waals surface area contributed by atoms with Crippen molar-refractivity contribution in [2.75, 3.05) is 19.8 Å². The molecule has 4 unspecified atom stereocenters. The van der Waals surface area contributed by atoms with Crippen LogP contribution in [0, 0.1) is 0 Å². The van der Waals surface area contributed by atoms with Gasteiger partial charge in [-0.25, -0.2) is 4.79 Å². The van der Waals surface area contributed by atoms with Crippen molar-refractivity contribution >= 4 is 29.8 Å². The minimum absolute atomic E-state index is 0.00761. The highest BCUT2D eigenvalue weighted by atomic mass is 16.8. The van der Waals surface area contributed by atoms with E-state index in [0.717, 1.165) is 11.1 Å². The summed E-state index contributed by atoms with van der Waals surface area (Å²) in [4.78, 5) is 53.4. The average Bonchev–Trinajstić information content (AvgIpc) is 3.67. The Hall–Kier alpha value is -6.12. The maximum Gasteiger partial charge on any atom is 0.339 e. The van der Waals surface area contributed by atoms with Crippen molar-refractivity contribution in [3.8, 4) is 0 Å². The Bertz CT molecular complexity index is 2160. The predicted molar refractivity (Wildman–Crippen MR) is 226 cm³/mol. The van der Waals surface area contributed by atoms with E-state index in [1.807, 2.05) is 60.7 Å². The van der Waals surface area contributed by atoms with Crippen LogP contribution in [0.2, 0.25) is 0 Å². The molecule has 0 aromatic heterocycles. The topological polar surface area (TPSA) is 179 Å². The molecule has 0 saturated carbocycles. The van der Waals surface area contributed by atoms with Gasteiger partial charge in [-0.3, -0.25) is 14.4 Å². The molecule has 2 aliphatic rings. The van der Waals surface area contributed by atoms with Gasteiger partial charge in [0.1, 0.15) is 30.5 Å². The number of aliphatic hydroxyl groups is 2. The van der Waals surface area contributed by atoms with E-state index in [4.69, 9.17) is 28.8 Å². The highest BCUT2D eigenvalue weighted by molar-refractivity contribution is 5.96. The number of hydrogen-bond donors (Lipinski definition) is 4. The van der Waals surface area contributed by atoms with Crippen LogP contribution in [0.3, 0.4) is 0 Å². The largest absolute Gasteiger partial charge is 0.499 e. The maximum atomic E-state index is 14.0. The lowest BCUT2D eigenvalue weighted by Crippen LogP contribution is -2.43. The SMILES string of the molecule is CC(C)(C)OC(=O)CCC(CO)NC(=O)c1cccc(CNC(=O)C2=CC3OC(c4ccccc4)(c4ccccc4)OC3C(OC(=O)c3ccccc3C=COCCO)C2)c1. The molecular weight excluding hydrogens is 781 g/mol. The second-order valence-electron chi connectivity index (χ2n) is 15.7. The second kappa shape index (κ2) is 20.4. The van der Waals surface area contributed by atoms with E-state index in [1.165, 1.54) is 6.26 Å². The highest BCUT2D eigenvalue weighted by Gasteiger charge is 2.55. The van der Waals surface area contributed by atoms with Gasteiger partial charge < -0.3 is 44.5 Å². The fourth-order valence-electron chi connectivity index (χ4n) is 7.14. The summed E-state index contributed by atoms with van der Waals surface area (Å²) < 4.78 is 30.5. The normalized spacial score (nSPS) is 18.6. The molecule has 0 radical (unpaired) electrons. The van der Waals surface area contributed by atoms with Gasteiger partial charge in [0.15, 0.2) is 0 Å². The summed E-state index contributed by atoms with van der Waals surface area (Å²) in [5.41, 5.74) is 2.83. The van der Waals surface area contributed by atoms with E-state index in [-0.39, 0.29) is 51.2 Å². The molecule has 4 atom stereocenters. The smallest absolute Gasteiger partial charge is 0.339 e. The Labute approximate surface area is 355 Å². The van der Waals surface area contributed by atoms with Crippen LogP contribution in [0.15, 0.2) is 127 Å². The van der Waals surface area contributed by atoms with Gasteiger partial charge >= 0.3 is 11.9 Å². The van der Waals surface area contributed by atoms with Gasteiger partial charge in [-0.05, 0) is 68.7 Å². The molecule has 1 saturated heterocycles. The van der Waals surface area contributed by atoms with Gasteiger partial charge in [0.05, 0.1) is 31.1 Å². The van der Waals surface area contributed by atoms with Crippen molar-refractivity contribution in [1.29, 1.82) is 0 Å². The Morgan fingerprint density at radius 1 is 0.869 bits per heavy atom. The fourth-order valence-corrected chi connectivity index (χ4v) is 7.14. The Kier molecular flexibility index (Phi) is 14.9. The molecule has 1 heterocycles. The third-order valence-corrected chi connectivity index (χ3v) is 9.99. The minimum Gasteiger partial charge on any atom is -0.499 e. The van der Waals surface area contributed by atoms with Crippen LogP contribution in [-0.4, -0.2) is 83.7 Å². The van der Waals surface area contributed by atoms with Crippen LogP contribution in [0.25, 0.3) is 6.08 Å². The summed E-state index contributed by atoms with van der Waals surface area (Å²) in [6.45, 7) is 4.93. The first-order valence-electron chi connectivity index (χ1n) is 20.3. The van der Waals surface area contributed by atoms with Crippen molar-refractivity contribution in [3.63, 3.8) is 0 Å². The number of nitrogens with one attached hydrogen (secondary N) is 2. The molecule has 1 aliphatic heterocycles. The van der Waals surface area contributed by atoms with Crippen molar-refractivity contribution in [2.45, 2.75) is 82.3 Å². The molecule has 2 amide bonds. The zero-order valence-electron chi connectivity index (χ0n) is 34.5. The zero-order chi connectivity index (χ0) is 43.4. The number of carbonyl (C=O) groups is 4. The Morgan fingerprint density at radius 3 is 2.23 bits per heavy atom. The van der Waals surface area contributed by atoms with E-state index in [9.17, 15) is 24.3 Å². The molecule has 61 heavy (non-hydrogen) atoms. The number of hydrogen-bond acceptors (Lipinski definition) is 11. The molecule has 1 aliphatic carbocycles. The quantitative estimate of drug-likeness (QED) is 0.0580. The van der Waals surface area contributed by atoms with Crippen LogP contribution in [0.5, 0.6) is 0 Å². The standard InChI is InChI=1S/C48H52N2O11/c1-47(2,3)60-42(53)22-21-38(31-52)50-45(55)34-15-12-13-32(27-34)30-49-44(54)35-28-40(58-46(56)39-20-11-10-14-33(39)23-25-57-26-24-51)43-41(29-35)59-48(61-43,36-16-6-4-7-17-36)37-18-8-5-9-19-37/h4-20,23,25,27,29,38,40-41,43,51-52H,21-22,24,26,28,30-31H2,1-3H3,(H,49,54)(H,50,55).